The van der Waals surface area contributed by atoms with Crippen LogP contribution in [-0.4, -0.2) is 18.7 Å². The van der Waals surface area contributed by atoms with Crippen molar-refractivity contribution in [2.24, 2.45) is 0 Å². The fraction of sp³-hybridized carbons (Fsp3) is 0.600. The summed E-state index contributed by atoms with van der Waals surface area (Å²) < 4.78 is 5.98. The van der Waals surface area contributed by atoms with Crippen LogP contribution < -0.4 is 10.1 Å². The van der Waals surface area contributed by atoms with Gasteiger partial charge in [0.25, 0.3) is 0 Å². The first kappa shape index (κ1) is 14.0. The van der Waals surface area contributed by atoms with Gasteiger partial charge in [-0.1, -0.05) is 26.0 Å². The molecular formula is C15H25NO. The predicted octanol–water partition coefficient (Wildman–Crippen LogP) is 3.54. The average Bonchev–Trinajstić information content (AvgIpc) is 2.34. The van der Waals surface area contributed by atoms with E-state index in [1.54, 1.807) is 0 Å². The Morgan fingerprint density at radius 3 is 2.59 bits per heavy atom. The van der Waals surface area contributed by atoms with Crippen LogP contribution in [-0.2, 0) is 0 Å². The minimum atomic E-state index is 0.255. The summed E-state index contributed by atoms with van der Waals surface area (Å²) in [5, 5.41) is 3.49. The zero-order valence-electron chi connectivity index (χ0n) is 11.5. The smallest absolute Gasteiger partial charge is 0.120 e. The SMILES string of the molecule is CCC(C)NCC(CC)Oc1cccc(C)c1. The van der Waals surface area contributed by atoms with Crippen molar-refractivity contribution < 1.29 is 4.74 Å². The summed E-state index contributed by atoms with van der Waals surface area (Å²) in [4.78, 5) is 0. The van der Waals surface area contributed by atoms with Gasteiger partial charge in [-0.2, -0.15) is 0 Å². The van der Waals surface area contributed by atoms with E-state index in [1.807, 2.05) is 12.1 Å². The van der Waals surface area contributed by atoms with Gasteiger partial charge in [0, 0.05) is 12.6 Å². The number of ether oxygens (including phenoxy) is 1. The van der Waals surface area contributed by atoms with Gasteiger partial charge >= 0.3 is 0 Å². The van der Waals surface area contributed by atoms with Crippen LogP contribution in [0, 0.1) is 6.92 Å². The van der Waals surface area contributed by atoms with E-state index in [1.165, 1.54) is 5.56 Å². The zero-order valence-corrected chi connectivity index (χ0v) is 11.5. The van der Waals surface area contributed by atoms with Gasteiger partial charge in [0.05, 0.1) is 0 Å². The normalized spacial score (nSPS) is 14.4. The fourth-order valence-corrected chi connectivity index (χ4v) is 1.63. The Morgan fingerprint density at radius 1 is 1.24 bits per heavy atom. The summed E-state index contributed by atoms with van der Waals surface area (Å²) in [6.45, 7) is 9.57. The first-order chi connectivity index (χ1) is 8.15. The lowest BCUT2D eigenvalue weighted by Gasteiger charge is -2.20. The summed E-state index contributed by atoms with van der Waals surface area (Å²) in [6.07, 6.45) is 2.43. The summed E-state index contributed by atoms with van der Waals surface area (Å²) in [5.41, 5.74) is 1.24. The van der Waals surface area contributed by atoms with Crippen molar-refractivity contribution in [1.29, 1.82) is 0 Å². The fourth-order valence-electron chi connectivity index (χ4n) is 1.63. The van der Waals surface area contributed by atoms with E-state index in [4.69, 9.17) is 4.74 Å². The molecule has 2 heteroatoms. The standard InChI is InChI=1S/C15H25NO/c1-5-13(4)16-11-14(6-2)17-15-9-7-8-12(3)10-15/h7-10,13-14,16H,5-6,11H2,1-4H3. The van der Waals surface area contributed by atoms with Crippen molar-refractivity contribution in [3.05, 3.63) is 29.8 Å². The Morgan fingerprint density at radius 2 is 2.00 bits per heavy atom. The average molecular weight is 235 g/mol. The van der Waals surface area contributed by atoms with Gasteiger partial charge in [0.15, 0.2) is 0 Å². The van der Waals surface area contributed by atoms with Crippen molar-refractivity contribution in [3.63, 3.8) is 0 Å². The largest absolute Gasteiger partial charge is 0.489 e. The molecule has 1 rings (SSSR count). The molecule has 0 spiro atoms. The number of hydrogen-bond donors (Lipinski definition) is 1. The molecule has 0 radical (unpaired) electrons. The van der Waals surface area contributed by atoms with Gasteiger partial charge < -0.3 is 10.1 Å². The lowest BCUT2D eigenvalue weighted by molar-refractivity contribution is 0.188. The monoisotopic (exact) mass is 235 g/mol. The molecule has 0 aliphatic heterocycles. The molecular weight excluding hydrogens is 210 g/mol. The van der Waals surface area contributed by atoms with Gasteiger partial charge in [-0.05, 0) is 44.4 Å². The topological polar surface area (TPSA) is 21.3 Å². The van der Waals surface area contributed by atoms with Crippen LogP contribution in [0.15, 0.2) is 24.3 Å². The predicted molar refractivity (Wildman–Crippen MR) is 73.6 cm³/mol. The molecule has 1 N–H and O–H groups in total. The molecule has 96 valence electrons. The van der Waals surface area contributed by atoms with E-state index in [9.17, 15) is 0 Å². The molecule has 0 aliphatic carbocycles. The molecule has 2 nitrogen and oxygen atoms in total. The molecule has 1 aromatic carbocycles. The summed E-state index contributed by atoms with van der Waals surface area (Å²) >= 11 is 0. The molecule has 2 unspecified atom stereocenters. The van der Waals surface area contributed by atoms with Gasteiger partial charge in [-0.25, -0.2) is 0 Å². The van der Waals surface area contributed by atoms with Gasteiger partial charge in [-0.3, -0.25) is 0 Å². The molecule has 0 heterocycles. The lowest BCUT2D eigenvalue weighted by atomic mass is 10.2. The maximum atomic E-state index is 5.98. The van der Waals surface area contributed by atoms with E-state index in [0.717, 1.165) is 25.1 Å². The molecule has 0 amide bonds. The quantitative estimate of drug-likeness (QED) is 0.780. The molecule has 0 aromatic heterocycles. The van der Waals surface area contributed by atoms with Crippen molar-refractivity contribution in [1.82, 2.24) is 5.32 Å². The molecule has 17 heavy (non-hydrogen) atoms. The zero-order chi connectivity index (χ0) is 12.7. The Hall–Kier alpha value is -1.02. The number of nitrogens with one attached hydrogen (secondary N) is 1. The highest BCUT2D eigenvalue weighted by Crippen LogP contribution is 2.15. The van der Waals surface area contributed by atoms with Crippen LogP contribution in [0.25, 0.3) is 0 Å². The molecule has 2 atom stereocenters. The van der Waals surface area contributed by atoms with Crippen molar-refractivity contribution in [2.75, 3.05) is 6.54 Å². The number of rotatable bonds is 7. The van der Waals surface area contributed by atoms with Crippen LogP contribution in [0.3, 0.4) is 0 Å². The second-order valence-corrected chi connectivity index (χ2v) is 4.68. The minimum Gasteiger partial charge on any atom is -0.489 e. The van der Waals surface area contributed by atoms with E-state index in [-0.39, 0.29) is 6.10 Å². The van der Waals surface area contributed by atoms with Crippen LogP contribution in [0.1, 0.15) is 39.2 Å². The maximum absolute atomic E-state index is 5.98. The van der Waals surface area contributed by atoms with E-state index >= 15 is 0 Å². The van der Waals surface area contributed by atoms with Gasteiger partial charge in [-0.15, -0.1) is 0 Å². The van der Waals surface area contributed by atoms with E-state index < -0.39 is 0 Å². The van der Waals surface area contributed by atoms with Crippen LogP contribution in [0.5, 0.6) is 5.75 Å². The molecule has 0 aliphatic rings. The Kier molecular flexibility index (Phi) is 6.06. The third kappa shape index (κ3) is 5.22. The van der Waals surface area contributed by atoms with Crippen LogP contribution in [0.4, 0.5) is 0 Å². The lowest BCUT2D eigenvalue weighted by Crippen LogP contribution is -2.36. The molecule has 0 bridgehead atoms. The highest BCUT2D eigenvalue weighted by Gasteiger charge is 2.09. The first-order valence-electron chi connectivity index (χ1n) is 6.62. The van der Waals surface area contributed by atoms with Crippen molar-refractivity contribution in [2.45, 2.75) is 52.7 Å². The Balaban J connectivity index is 2.46. The Labute approximate surface area is 105 Å². The second-order valence-electron chi connectivity index (χ2n) is 4.68. The molecule has 0 fully saturated rings. The van der Waals surface area contributed by atoms with Crippen LogP contribution in [0.2, 0.25) is 0 Å². The number of benzene rings is 1. The Bertz CT molecular complexity index is 324. The molecule has 0 saturated carbocycles. The van der Waals surface area contributed by atoms with E-state index in [0.29, 0.717) is 6.04 Å². The summed E-state index contributed by atoms with van der Waals surface area (Å²) in [6, 6.07) is 8.81. The third-order valence-corrected chi connectivity index (χ3v) is 3.05. The second kappa shape index (κ2) is 7.33. The van der Waals surface area contributed by atoms with Gasteiger partial charge in [0.2, 0.25) is 0 Å². The minimum absolute atomic E-state index is 0.255. The highest BCUT2D eigenvalue weighted by molar-refractivity contribution is 5.27. The van der Waals surface area contributed by atoms with Crippen molar-refractivity contribution in [3.8, 4) is 5.75 Å². The van der Waals surface area contributed by atoms with Crippen molar-refractivity contribution >= 4 is 0 Å². The van der Waals surface area contributed by atoms with Crippen LogP contribution >= 0.6 is 0 Å². The molecule has 1 aromatic rings. The van der Waals surface area contributed by atoms with Gasteiger partial charge in [0.1, 0.15) is 11.9 Å². The van der Waals surface area contributed by atoms with E-state index in [2.05, 4.69) is 45.1 Å². The third-order valence-electron chi connectivity index (χ3n) is 3.05. The number of hydrogen-bond acceptors (Lipinski definition) is 2. The maximum Gasteiger partial charge on any atom is 0.120 e. The summed E-state index contributed by atoms with van der Waals surface area (Å²) in [5.74, 6) is 0.975. The highest BCUT2D eigenvalue weighted by atomic mass is 16.5. The first-order valence-corrected chi connectivity index (χ1v) is 6.62. The molecule has 0 saturated heterocycles. The summed E-state index contributed by atoms with van der Waals surface area (Å²) in [7, 11) is 0. The number of aryl methyl sites for hydroxylation is 1.